The van der Waals surface area contributed by atoms with Crippen LogP contribution in [0.1, 0.15) is 68.6 Å². The van der Waals surface area contributed by atoms with Gasteiger partial charge in [0.25, 0.3) is 11.7 Å². The summed E-state index contributed by atoms with van der Waals surface area (Å²) in [5.74, 6) is -8.61. The molecule has 4 aliphatic rings. The topological polar surface area (TPSA) is 479 Å². The highest BCUT2D eigenvalue weighted by molar-refractivity contribution is 5.95. The number of phenolic OH excluding ortho intramolecular Hbond substituents is 2. The minimum Gasteiger partial charge on any atom is -0.508 e. The van der Waals surface area contributed by atoms with Crippen LogP contribution in [0.15, 0.2) is 18.2 Å². The third-order valence-electron chi connectivity index (χ3n) is 13.3. The molecule has 21 atom stereocenters. The molecule has 1 aromatic rings. The molecule has 4 aliphatic heterocycles. The van der Waals surface area contributed by atoms with Gasteiger partial charge in [0.05, 0.1) is 45.7 Å². The van der Waals surface area contributed by atoms with Crippen molar-refractivity contribution in [1.82, 2.24) is 10.6 Å². The van der Waals surface area contributed by atoms with Crippen LogP contribution in [0.4, 0.5) is 0 Å². The van der Waals surface area contributed by atoms with Crippen LogP contribution in [0.25, 0.3) is 0 Å². The third-order valence-corrected chi connectivity index (χ3v) is 13.3. The minimum atomic E-state index is -3.20. The number of ether oxygens (including phenoxy) is 9. The van der Waals surface area contributed by atoms with Crippen LogP contribution in [0.3, 0.4) is 0 Å². The molecule has 4 heterocycles. The normalized spacial score (nSPS) is 36.7. The van der Waals surface area contributed by atoms with Crippen LogP contribution in [0.2, 0.25) is 0 Å². The second-order valence-corrected chi connectivity index (χ2v) is 18.8. The van der Waals surface area contributed by atoms with Crippen molar-refractivity contribution in [3.63, 3.8) is 0 Å². The number of unbranched alkanes of at least 4 members (excludes halogenated alkanes) is 5. The number of carbonyl (C=O) groups excluding carboxylic acids is 3. The van der Waals surface area contributed by atoms with Crippen molar-refractivity contribution in [3.05, 3.63) is 23.8 Å². The summed E-state index contributed by atoms with van der Waals surface area (Å²) in [5, 5.41) is 166. The average molecular weight is 1100 g/mol. The lowest BCUT2D eigenvalue weighted by Gasteiger charge is -2.51. The van der Waals surface area contributed by atoms with Crippen molar-refractivity contribution in [2.45, 2.75) is 187 Å². The van der Waals surface area contributed by atoms with E-state index in [0.29, 0.717) is 25.7 Å². The SMILES string of the molecule is COC(=O)CCCCCCCCO[C@@H]1OC(CO)[C@H](OC2OC(CO)[C@@H](O)C(O[C@]3(C(=O)O)CC(O)[C@@H](NC(C)=O)C(C(O)C(O)CO)O3)C2O)C(O[C@@H]2OC(CO)[C@H](O)C(O)C2O)C1NC(=O)c1cc(O)cc(O)c1. The Morgan fingerprint density at radius 1 is 0.684 bits per heavy atom. The Bertz CT molecular complexity index is 2000. The first-order chi connectivity index (χ1) is 36.0. The molecule has 76 heavy (non-hydrogen) atoms. The van der Waals surface area contributed by atoms with Gasteiger partial charge in [0.1, 0.15) is 103 Å². The van der Waals surface area contributed by atoms with Gasteiger partial charge in [0.15, 0.2) is 18.9 Å². The number of carboxylic acids is 1. The third kappa shape index (κ3) is 15.4. The van der Waals surface area contributed by atoms with Gasteiger partial charge in [-0.25, -0.2) is 4.79 Å². The molecule has 0 spiro atoms. The molecule has 5 rings (SSSR count). The largest absolute Gasteiger partial charge is 0.508 e. The van der Waals surface area contributed by atoms with Crippen molar-refractivity contribution in [3.8, 4) is 11.5 Å². The number of nitrogens with one attached hydrogen (secondary N) is 2. The van der Waals surface area contributed by atoms with E-state index >= 15 is 0 Å². The molecule has 4 fully saturated rings. The molecule has 0 radical (unpaired) electrons. The van der Waals surface area contributed by atoms with E-state index in [1.807, 2.05) is 0 Å². The van der Waals surface area contributed by atoms with Gasteiger partial charge in [-0.1, -0.05) is 25.7 Å². The monoisotopic (exact) mass is 1100 g/mol. The van der Waals surface area contributed by atoms with Gasteiger partial charge in [-0.3, -0.25) is 14.4 Å². The number of benzene rings is 1. The number of aliphatic hydroxyl groups excluding tert-OH is 12. The number of esters is 1. The van der Waals surface area contributed by atoms with Crippen LogP contribution in [-0.2, 0) is 57.0 Å². The summed E-state index contributed by atoms with van der Waals surface area (Å²) < 4.78 is 52.4. The predicted octanol–water partition coefficient (Wildman–Crippen LogP) is -6.62. The Morgan fingerprint density at radius 3 is 1.83 bits per heavy atom. The minimum absolute atomic E-state index is 0.105. The fraction of sp³-hybridized carbons (Fsp3) is 0.783. The van der Waals surface area contributed by atoms with Crippen molar-refractivity contribution in [2.24, 2.45) is 0 Å². The molecular weight excluding hydrogens is 1030 g/mol. The predicted molar refractivity (Wildman–Crippen MR) is 246 cm³/mol. The Kier molecular flexibility index (Phi) is 23.7. The summed E-state index contributed by atoms with van der Waals surface area (Å²) in [7, 11) is 1.29. The lowest BCUT2D eigenvalue weighted by molar-refractivity contribution is -0.391. The maximum atomic E-state index is 14.1. The van der Waals surface area contributed by atoms with Gasteiger partial charge in [-0.15, -0.1) is 0 Å². The van der Waals surface area contributed by atoms with E-state index in [9.17, 15) is 95.8 Å². The number of aliphatic hydroxyl groups is 12. The molecule has 1 aromatic carbocycles. The van der Waals surface area contributed by atoms with Gasteiger partial charge in [0, 0.05) is 38.0 Å². The number of methoxy groups -OCH3 is 1. The van der Waals surface area contributed by atoms with E-state index in [4.69, 9.17) is 37.9 Å². The smallest absolute Gasteiger partial charge is 0.364 e. The Labute approximate surface area is 434 Å². The fourth-order valence-corrected chi connectivity index (χ4v) is 9.28. The molecule has 30 nitrogen and oxygen atoms in total. The number of aromatic hydroxyl groups is 2. The van der Waals surface area contributed by atoms with Gasteiger partial charge in [-0.05, 0) is 25.0 Å². The van der Waals surface area contributed by atoms with Gasteiger partial charge >= 0.3 is 11.9 Å². The highest BCUT2D eigenvalue weighted by Gasteiger charge is 2.61. The number of amides is 2. The summed E-state index contributed by atoms with van der Waals surface area (Å²) >= 11 is 0. The van der Waals surface area contributed by atoms with Crippen molar-refractivity contribution in [1.29, 1.82) is 0 Å². The molecule has 0 saturated carbocycles. The first-order valence-corrected chi connectivity index (χ1v) is 24.6. The summed E-state index contributed by atoms with van der Waals surface area (Å²) in [6.45, 7) is -3.33. The number of carboxylic acid groups (broad SMARTS) is 1. The van der Waals surface area contributed by atoms with E-state index in [2.05, 4.69) is 15.4 Å². The molecule has 2 amide bonds. The van der Waals surface area contributed by atoms with Crippen molar-refractivity contribution in [2.75, 3.05) is 40.1 Å². The van der Waals surface area contributed by atoms with Crippen molar-refractivity contribution >= 4 is 23.8 Å². The molecule has 14 unspecified atom stereocenters. The number of phenols is 2. The Balaban J connectivity index is 1.53. The molecule has 0 bridgehead atoms. The maximum Gasteiger partial charge on any atom is 0.364 e. The number of aliphatic carboxylic acids is 1. The zero-order valence-corrected chi connectivity index (χ0v) is 41.5. The van der Waals surface area contributed by atoms with Gasteiger partial charge in [-0.2, -0.15) is 0 Å². The first-order valence-electron chi connectivity index (χ1n) is 24.6. The average Bonchev–Trinajstić information content (AvgIpc) is 3.38. The summed E-state index contributed by atoms with van der Waals surface area (Å²) in [6, 6.07) is -0.568. The lowest BCUT2D eigenvalue weighted by Crippen LogP contribution is -2.71. The standard InChI is InChI=1S/C46H72N2O28/c1-19(53)47-29-23(56)14-46(45(66)67,75-38(29)31(59)24(57)15-49)76-40-33(61)26(17-51)71-44(36(40)64)73-37-27(18-52)72-42(69-10-8-6-4-3-5-7-9-28(58)68-2)30(48-41(65)20-11-21(54)13-22(55)12-20)39(37)74-43-35(63)34(62)32(60)25(16-50)70-43/h11-13,23-27,29-40,42-44,49-52,54-57,59-64H,3-10,14-18H2,1-2H3,(H,47,53)(H,48,65)(H,66,67)/t23?,24?,25?,26?,27?,29-,30?,31?,32+,33-,34?,35?,36?,37+,38?,39?,40?,42-,43+,44?,46+/m1/s1. The number of carbonyl (C=O) groups is 4. The Hall–Kier alpha value is -4.10. The number of hydrogen-bond donors (Lipinski definition) is 17. The van der Waals surface area contributed by atoms with E-state index in [-0.39, 0.29) is 24.6 Å². The van der Waals surface area contributed by atoms with Crippen LogP contribution < -0.4 is 10.6 Å². The van der Waals surface area contributed by atoms with E-state index in [1.165, 1.54) is 7.11 Å². The van der Waals surface area contributed by atoms with E-state index in [1.54, 1.807) is 0 Å². The molecule has 0 aromatic heterocycles. The fourth-order valence-electron chi connectivity index (χ4n) is 9.28. The summed E-state index contributed by atoms with van der Waals surface area (Å²) in [6.07, 6.45) is -33.7. The van der Waals surface area contributed by atoms with Crippen LogP contribution >= 0.6 is 0 Å². The molecule has 434 valence electrons. The van der Waals surface area contributed by atoms with Crippen LogP contribution in [0.5, 0.6) is 11.5 Å². The zero-order chi connectivity index (χ0) is 56.2. The molecule has 4 saturated heterocycles. The van der Waals surface area contributed by atoms with E-state index < -0.39 is 190 Å². The summed E-state index contributed by atoms with van der Waals surface area (Å²) in [4.78, 5) is 50.9. The molecule has 0 aliphatic carbocycles. The van der Waals surface area contributed by atoms with Crippen LogP contribution in [-0.4, -0.2) is 269 Å². The van der Waals surface area contributed by atoms with Crippen molar-refractivity contribution < 1.29 is 138 Å². The maximum absolute atomic E-state index is 14.1. The molecule has 17 N–H and O–H groups in total. The second kappa shape index (κ2) is 28.7. The first kappa shape index (κ1) is 62.7. The quantitative estimate of drug-likeness (QED) is 0.0303. The van der Waals surface area contributed by atoms with Gasteiger partial charge in [0.2, 0.25) is 5.91 Å². The summed E-state index contributed by atoms with van der Waals surface area (Å²) in [5.41, 5.74) is -0.367. The molecular formula is C46H72N2O28. The number of rotatable bonds is 26. The van der Waals surface area contributed by atoms with Gasteiger partial charge < -0.3 is 130 Å². The Morgan fingerprint density at radius 2 is 1.25 bits per heavy atom. The molecule has 30 heteroatoms. The highest BCUT2D eigenvalue weighted by Crippen LogP contribution is 2.39. The second-order valence-electron chi connectivity index (χ2n) is 18.8. The lowest BCUT2D eigenvalue weighted by atomic mass is 9.88. The van der Waals surface area contributed by atoms with E-state index in [0.717, 1.165) is 38.0 Å². The highest BCUT2D eigenvalue weighted by atomic mass is 16.8. The van der Waals surface area contributed by atoms with Crippen LogP contribution in [0, 0.1) is 0 Å². The number of hydrogen-bond acceptors (Lipinski definition) is 27. The zero-order valence-electron chi connectivity index (χ0n) is 41.5.